The summed E-state index contributed by atoms with van der Waals surface area (Å²) in [7, 11) is 1.72. The van der Waals surface area contributed by atoms with Crippen molar-refractivity contribution in [1.82, 2.24) is 9.88 Å². The summed E-state index contributed by atoms with van der Waals surface area (Å²) in [6, 6.07) is 6.18. The molecular weight excluding hydrogens is 378 g/mol. The predicted octanol–water partition coefficient (Wildman–Crippen LogP) is 4.99. The van der Waals surface area contributed by atoms with Crippen LogP contribution in [0.15, 0.2) is 24.4 Å². The second-order valence-electron chi connectivity index (χ2n) is 6.99. The minimum Gasteiger partial charge on any atom is -0.497 e. The molecule has 4 nitrogen and oxygen atoms in total. The number of halogens is 1. The fourth-order valence-corrected chi connectivity index (χ4v) is 4.45. The number of pyridine rings is 1. The molecule has 1 saturated heterocycles. The van der Waals surface area contributed by atoms with E-state index in [2.05, 4.69) is 46.0 Å². The molecule has 0 atom stereocenters. The zero-order chi connectivity index (χ0) is 18.2. The molecule has 0 unspecified atom stereocenters. The minimum atomic E-state index is 0. The number of rotatable bonds is 9. The number of nitrogens with one attached hydrogen (secondary N) is 1. The molecule has 1 aromatic carbocycles. The Hall–Kier alpha value is -1.17. The van der Waals surface area contributed by atoms with Crippen LogP contribution in [0.1, 0.15) is 31.2 Å². The van der Waals surface area contributed by atoms with Gasteiger partial charge in [-0.3, -0.25) is 4.98 Å². The number of aryl methyl sites for hydroxylation is 1. The number of methoxy groups -OCH3 is 1. The van der Waals surface area contributed by atoms with Gasteiger partial charge in [-0.05, 0) is 44.0 Å². The molecular formula is C21H32ClN3OS. The molecule has 3 rings (SSSR count). The number of nitrogens with zero attached hydrogens (tertiary/aromatic N) is 2. The van der Waals surface area contributed by atoms with E-state index in [4.69, 9.17) is 4.74 Å². The molecule has 150 valence electrons. The summed E-state index contributed by atoms with van der Waals surface area (Å²) in [5.41, 5.74) is 3.34. The molecule has 1 aliphatic rings. The topological polar surface area (TPSA) is 37.4 Å². The predicted molar refractivity (Wildman–Crippen MR) is 121 cm³/mol. The van der Waals surface area contributed by atoms with Crippen molar-refractivity contribution in [2.24, 2.45) is 0 Å². The molecule has 0 aliphatic carbocycles. The zero-order valence-corrected chi connectivity index (χ0v) is 18.1. The third kappa shape index (κ3) is 6.44. The lowest BCUT2D eigenvalue weighted by Gasteiger charge is -2.25. The van der Waals surface area contributed by atoms with Crippen LogP contribution in [-0.2, 0) is 0 Å². The van der Waals surface area contributed by atoms with Crippen molar-refractivity contribution in [2.75, 3.05) is 50.1 Å². The summed E-state index contributed by atoms with van der Waals surface area (Å²) >= 11 is 2.09. The monoisotopic (exact) mass is 409 g/mol. The van der Waals surface area contributed by atoms with Crippen molar-refractivity contribution in [3.63, 3.8) is 0 Å². The number of benzene rings is 1. The average molecular weight is 410 g/mol. The number of thioether (sulfide) groups is 1. The SMILES string of the molecule is COc1cc(NCCCCCCN2CCSCC2)c2nccc(C)c2c1.Cl. The number of fused-ring (bicyclic) bond motifs is 1. The number of hydrogen-bond acceptors (Lipinski definition) is 5. The molecule has 1 fully saturated rings. The highest BCUT2D eigenvalue weighted by atomic mass is 35.5. The van der Waals surface area contributed by atoms with Crippen LogP contribution < -0.4 is 10.1 Å². The summed E-state index contributed by atoms with van der Waals surface area (Å²) in [5, 5.41) is 4.74. The molecule has 0 spiro atoms. The van der Waals surface area contributed by atoms with Gasteiger partial charge in [0, 0.05) is 48.8 Å². The molecule has 2 aromatic rings. The molecule has 0 amide bonds. The highest BCUT2D eigenvalue weighted by Crippen LogP contribution is 2.29. The Balaban J connectivity index is 0.00000261. The first-order valence-electron chi connectivity index (χ1n) is 9.75. The van der Waals surface area contributed by atoms with E-state index in [1.54, 1.807) is 7.11 Å². The van der Waals surface area contributed by atoms with E-state index in [0.717, 1.165) is 28.9 Å². The van der Waals surface area contributed by atoms with E-state index in [1.165, 1.54) is 62.4 Å². The molecule has 0 saturated carbocycles. The second kappa shape index (κ2) is 11.6. The lowest BCUT2D eigenvalue weighted by Crippen LogP contribution is -2.33. The van der Waals surface area contributed by atoms with Gasteiger partial charge in [0.1, 0.15) is 5.75 Å². The first kappa shape index (κ1) is 22.1. The quantitative estimate of drug-likeness (QED) is 0.590. The van der Waals surface area contributed by atoms with E-state index in [9.17, 15) is 0 Å². The molecule has 0 bridgehead atoms. The Labute approximate surface area is 173 Å². The van der Waals surface area contributed by atoms with E-state index >= 15 is 0 Å². The van der Waals surface area contributed by atoms with Gasteiger partial charge in [-0.15, -0.1) is 12.4 Å². The van der Waals surface area contributed by atoms with E-state index < -0.39 is 0 Å². The highest BCUT2D eigenvalue weighted by molar-refractivity contribution is 7.99. The molecule has 2 heterocycles. The lowest BCUT2D eigenvalue weighted by molar-refractivity contribution is 0.294. The number of anilines is 1. The van der Waals surface area contributed by atoms with Gasteiger partial charge >= 0.3 is 0 Å². The maximum atomic E-state index is 5.46. The van der Waals surface area contributed by atoms with E-state index in [1.807, 2.05) is 12.3 Å². The van der Waals surface area contributed by atoms with Crippen molar-refractivity contribution >= 4 is 40.8 Å². The van der Waals surface area contributed by atoms with Crippen LogP contribution in [-0.4, -0.2) is 54.7 Å². The maximum absolute atomic E-state index is 5.46. The summed E-state index contributed by atoms with van der Waals surface area (Å²) in [5.74, 6) is 3.51. The standard InChI is InChI=1S/C21H31N3OS.ClH/c1-17-7-9-23-21-19(17)15-18(25-2)16-20(21)22-8-5-3-4-6-10-24-11-13-26-14-12-24;/h7,9,15-16,22H,3-6,8,10-14H2,1-2H3;1H. The van der Waals surface area contributed by atoms with Gasteiger partial charge in [0.25, 0.3) is 0 Å². The normalized spacial score (nSPS) is 14.7. The number of aromatic nitrogens is 1. The van der Waals surface area contributed by atoms with Crippen LogP contribution in [0.4, 0.5) is 5.69 Å². The maximum Gasteiger partial charge on any atom is 0.121 e. The van der Waals surface area contributed by atoms with Crippen molar-refractivity contribution in [1.29, 1.82) is 0 Å². The summed E-state index contributed by atoms with van der Waals surface area (Å²) in [6.07, 6.45) is 7.01. The first-order valence-corrected chi connectivity index (χ1v) is 10.9. The van der Waals surface area contributed by atoms with E-state index in [0.29, 0.717) is 0 Å². The Bertz CT molecular complexity index is 707. The largest absolute Gasteiger partial charge is 0.497 e. The summed E-state index contributed by atoms with van der Waals surface area (Å²) in [6.45, 7) is 6.94. The van der Waals surface area contributed by atoms with Gasteiger partial charge in [-0.25, -0.2) is 0 Å². The molecule has 1 aromatic heterocycles. The van der Waals surface area contributed by atoms with Crippen LogP contribution in [0.2, 0.25) is 0 Å². The summed E-state index contributed by atoms with van der Waals surface area (Å²) < 4.78 is 5.46. The van der Waals surface area contributed by atoms with Crippen molar-refractivity contribution in [2.45, 2.75) is 32.6 Å². The van der Waals surface area contributed by atoms with Crippen LogP contribution in [0, 0.1) is 6.92 Å². The van der Waals surface area contributed by atoms with Crippen molar-refractivity contribution in [3.8, 4) is 5.75 Å². The van der Waals surface area contributed by atoms with Crippen LogP contribution in [0.25, 0.3) is 10.9 Å². The van der Waals surface area contributed by atoms with Crippen LogP contribution >= 0.6 is 24.2 Å². The van der Waals surface area contributed by atoms with Crippen LogP contribution in [0.3, 0.4) is 0 Å². The van der Waals surface area contributed by atoms with Crippen molar-refractivity contribution < 1.29 is 4.74 Å². The van der Waals surface area contributed by atoms with Gasteiger partial charge in [-0.2, -0.15) is 11.8 Å². The molecule has 1 aliphatic heterocycles. The van der Waals surface area contributed by atoms with Gasteiger partial charge < -0.3 is 15.0 Å². The Morgan fingerprint density at radius 1 is 1.15 bits per heavy atom. The Morgan fingerprint density at radius 3 is 2.70 bits per heavy atom. The molecule has 1 N–H and O–H groups in total. The third-order valence-corrected chi connectivity index (χ3v) is 6.03. The van der Waals surface area contributed by atoms with Gasteiger partial charge in [-0.1, -0.05) is 12.8 Å². The fourth-order valence-electron chi connectivity index (χ4n) is 3.48. The van der Waals surface area contributed by atoms with Gasteiger partial charge in [0.15, 0.2) is 0 Å². The lowest BCUT2D eigenvalue weighted by atomic mass is 10.1. The highest BCUT2D eigenvalue weighted by Gasteiger charge is 2.09. The molecule has 27 heavy (non-hydrogen) atoms. The fraction of sp³-hybridized carbons (Fsp3) is 0.571. The Kier molecular flexibility index (Phi) is 9.52. The number of hydrogen-bond donors (Lipinski definition) is 1. The third-order valence-electron chi connectivity index (χ3n) is 5.09. The van der Waals surface area contributed by atoms with Crippen LogP contribution in [0.5, 0.6) is 5.75 Å². The minimum absolute atomic E-state index is 0. The molecule has 6 heteroatoms. The second-order valence-corrected chi connectivity index (χ2v) is 8.22. The number of unbranched alkanes of at least 4 members (excludes halogenated alkanes) is 3. The average Bonchev–Trinajstić information content (AvgIpc) is 2.68. The van der Waals surface area contributed by atoms with Gasteiger partial charge in [0.05, 0.1) is 18.3 Å². The smallest absolute Gasteiger partial charge is 0.121 e. The summed E-state index contributed by atoms with van der Waals surface area (Å²) in [4.78, 5) is 7.19. The van der Waals surface area contributed by atoms with E-state index in [-0.39, 0.29) is 12.4 Å². The van der Waals surface area contributed by atoms with Gasteiger partial charge in [0.2, 0.25) is 0 Å². The first-order chi connectivity index (χ1) is 12.8. The van der Waals surface area contributed by atoms with Crippen molar-refractivity contribution in [3.05, 3.63) is 30.0 Å². The molecule has 0 radical (unpaired) electrons. The number of ether oxygens (including phenoxy) is 1. The zero-order valence-electron chi connectivity index (χ0n) is 16.5. The Morgan fingerprint density at radius 2 is 1.93 bits per heavy atom.